The molecule has 1 aliphatic heterocycles. The lowest BCUT2D eigenvalue weighted by Gasteiger charge is -2.25. The Balaban J connectivity index is 0.00000115. The number of carboxylic acid groups (broad SMARTS) is 6. The molecule has 0 radical (unpaired) electrons. The first-order valence-electron chi connectivity index (χ1n) is 52.1. The van der Waals surface area contributed by atoms with Crippen LogP contribution < -0.4 is 41.4 Å². The van der Waals surface area contributed by atoms with Gasteiger partial charge in [0.15, 0.2) is 5.78 Å². The molecule has 5 atom stereocenters. The number of ketones is 7. The zero-order chi connectivity index (χ0) is 108. The molecule has 5 amide bonds. The van der Waals surface area contributed by atoms with Crippen molar-refractivity contribution in [3.05, 3.63) is 71.4 Å². The third-order valence-electron chi connectivity index (χ3n) is 23.9. The first-order valence-corrected chi connectivity index (χ1v) is 52.1. The topological polar surface area (TPSA) is 605 Å². The molecule has 41 nitrogen and oxygen atoms in total. The van der Waals surface area contributed by atoms with Gasteiger partial charge in [0.1, 0.15) is 78.7 Å². The molecule has 0 saturated heterocycles. The van der Waals surface area contributed by atoms with Gasteiger partial charge in [-0.3, -0.25) is 76.9 Å². The summed E-state index contributed by atoms with van der Waals surface area (Å²) in [4.78, 5) is 224. The van der Waals surface area contributed by atoms with E-state index in [1.165, 1.54) is 38.1 Å². The van der Waals surface area contributed by atoms with Gasteiger partial charge in [0.2, 0.25) is 29.5 Å². The van der Waals surface area contributed by atoms with Crippen LogP contribution in [0.4, 0.5) is 0 Å². The van der Waals surface area contributed by atoms with Crippen LogP contribution in [0.3, 0.4) is 0 Å². The fourth-order valence-corrected chi connectivity index (χ4v) is 15.0. The molecule has 0 bridgehead atoms. The molecule has 0 spiro atoms. The number of benzene rings is 2. The lowest BCUT2D eigenvalue weighted by molar-refractivity contribution is -0.144. The Morgan fingerprint density at radius 1 is 0.340 bits per heavy atom. The molecule has 0 aromatic heterocycles. The van der Waals surface area contributed by atoms with Gasteiger partial charge < -0.3 is 110 Å². The van der Waals surface area contributed by atoms with E-state index in [1.54, 1.807) is 36.7 Å². The fourth-order valence-electron chi connectivity index (χ4n) is 15.0. The zero-order valence-electron chi connectivity index (χ0n) is 86.8. The maximum absolute atomic E-state index is 13.5. The zero-order valence-corrected chi connectivity index (χ0v) is 86.8. The molecular formula is C106H165N7O34. The Kier molecular flexibility index (Phi) is 76.2. The first-order chi connectivity index (χ1) is 70.6. The summed E-state index contributed by atoms with van der Waals surface area (Å²) in [6.45, 7) is 11.3. The highest BCUT2D eigenvalue weighted by atomic mass is 16.5. The number of nitrogens with one attached hydrogen (secondary N) is 6. The summed E-state index contributed by atoms with van der Waals surface area (Å²) in [7, 11) is 0. The van der Waals surface area contributed by atoms with E-state index in [4.69, 9.17) is 57.6 Å². The summed E-state index contributed by atoms with van der Waals surface area (Å²) >= 11 is 0. The van der Waals surface area contributed by atoms with Crippen LogP contribution in [-0.2, 0) is 115 Å². The second-order valence-corrected chi connectivity index (χ2v) is 36.7. The van der Waals surface area contributed by atoms with Crippen LogP contribution in [0.1, 0.15) is 305 Å². The van der Waals surface area contributed by atoms with Gasteiger partial charge in [-0.05, 0) is 171 Å². The van der Waals surface area contributed by atoms with Crippen LogP contribution in [0.25, 0.3) is 0 Å². The number of unbranched alkanes of at least 4 members (excludes halogenated alkanes) is 13. The Labute approximate surface area is 863 Å². The van der Waals surface area contributed by atoms with E-state index in [0.29, 0.717) is 128 Å². The molecule has 0 fully saturated rings. The molecular weight excluding hydrogens is 1920 g/mol. The number of aliphatic carboxylic acids is 4. The maximum Gasteiger partial charge on any atom is 0.335 e. The molecule has 2 aromatic carbocycles. The predicted molar refractivity (Wildman–Crippen MR) is 543 cm³/mol. The number of ether oxygens (including phenoxy) is 10. The van der Waals surface area contributed by atoms with Crippen molar-refractivity contribution in [1.29, 1.82) is 0 Å². The van der Waals surface area contributed by atoms with Crippen molar-refractivity contribution < 1.29 is 164 Å². The van der Waals surface area contributed by atoms with Gasteiger partial charge in [-0.2, -0.15) is 0 Å². The van der Waals surface area contributed by atoms with Gasteiger partial charge in [-0.15, -0.1) is 0 Å². The SMILES string of the molecule is CCCNC(=O)COCCOCCCC(=O)COCCOCCNC(=O)CC[C@H](CC(=O)CCCCCCCCCOc1ccc(C(=O)O)cc1)C(=O)O.CCC[C@H](NCC(=O)[C@H](CCC(=O)O)CC(=O)C(C)(C)C(=O)CCCC1=CN=CC1)C(=O)CC[C@@H](CCCCNC(=O)COCCOCCNC(=O)COCCOCCCC(=O)CC[C@H](NC(=O)CCCCCCCCCOc1ccc(C(=O)O)cc1)C(=O)O)C(=O)O. The molecule has 3 rings (SSSR count). The maximum atomic E-state index is 13.5. The summed E-state index contributed by atoms with van der Waals surface area (Å²) in [6, 6.07) is 10.7. The number of aliphatic imine (C=N–C) groups is 1. The van der Waals surface area contributed by atoms with Gasteiger partial charge in [0, 0.05) is 135 Å². The normalized spacial score (nSPS) is 12.6. The molecule has 1 aliphatic rings. The number of rotatable bonds is 98. The standard InChI is InChI=1S/C67H103N5O21.C39H62N2O13/c1-4-16-54(71-45-57(75)51(25-31-63(81)82)43-59(77)67(2,3)58(76)20-14-17-48-32-34-68-44-48)56(74)30-24-49(64(83)84)18-11-12-33-69-61(79)46-92-42-40-90-38-35-70-62(80)47-91-41-39-89-36-15-19-52(73)26-29-55(66(87)88)72-60(78)21-10-8-6-5-7-9-13-37-93-53-27-22-50(23-28-53)65(85)86;1-2-19-40-37(45)30-53-27-24-50-21-10-12-34(43)29-52-26-25-51-23-20-41-36(44)18-15-32(39(48)49)28-33(42)11-8-6-4-3-5-7-9-22-54-35-16-13-31(14-17-35)38(46)47/h22-23,27-28,34,44,49,51,54-55,71H,4-21,24-26,29-33,35-43,45-47H2,1-3H3,(H,69,79)(H,70,80)(H,72,78)(H,81,82)(H,83,84)(H,85,86)(H,87,88);13-14,16-17,32H,2-12,15,18-30H2,1H3,(H,40,45)(H,41,44)(H,46,47)(H,48,49)/t49-,51-,54+,55+;32-/m11/s1. The van der Waals surface area contributed by atoms with Crippen molar-refractivity contribution >= 4 is 112 Å². The summed E-state index contributed by atoms with van der Waals surface area (Å²) < 4.78 is 54.2. The van der Waals surface area contributed by atoms with Crippen molar-refractivity contribution in [3.8, 4) is 11.5 Å². The molecule has 828 valence electrons. The Hall–Kier alpha value is -11.1. The van der Waals surface area contributed by atoms with Crippen LogP contribution in [0.15, 0.2) is 65.3 Å². The fraction of sp³-hybridized carbons (Fsp3) is 0.689. The summed E-state index contributed by atoms with van der Waals surface area (Å²) in [5, 5.41) is 72.6. The highest BCUT2D eigenvalue weighted by Crippen LogP contribution is 2.29. The second kappa shape index (κ2) is 84.8. The lowest BCUT2D eigenvalue weighted by atomic mass is 9.76. The molecule has 0 aliphatic carbocycles. The van der Waals surface area contributed by atoms with E-state index in [-0.39, 0.29) is 272 Å². The number of carboxylic acids is 6. The van der Waals surface area contributed by atoms with Crippen molar-refractivity contribution in [3.63, 3.8) is 0 Å². The number of amides is 5. The highest BCUT2D eigenvalue weighted by molar-refractivity contribution is 6.07. The van der Waals surface area contributed by atoms with E-state index in [0.717, 1.165) is 95.5 Å². The lowest BCUT2D eigenvalue weighted by Crippen LogP contribution is -2.42. The minimum atomic E-state index is -1.38. The molecule has 41 heteroatoms. The van der Waals surface area contributed by atoms with Gasteiger partial charge in [-0.25, -0.2) is 14.4 Å². The molecule has 147 heavy (non-hydrogen) atoms. The smallest absolute Gasteiger partial charge is 0.335 e. The van der Waals surface area contributed by atoms with Gasteiger partial charge in [0.05, 0.1) is 120 Å². The third kappa shape index (κ3) is 70.5. The number of hydrogen-bond acceptors (Lipinski definition) is 30. The highest BCUT2D eigenvalue weighted by Gasteiger charge is 2.38. The van der Waals surface area contributed by atoms with E-state index in [2.05, 4.69) is 36.9 Å². The van der Waals surface area contributed by atoms with Crippen LogP contribution in [0.2, 0.25) is 0 Å². The van der Waals surface area contributed by atoms with Crippen LogP contribution in [-0.4, -0.2) is 306 Å². The molecule has 0 saturated carbocycles. The number of allylic oxidation sites excluding steroid dienone is 1. The summed E-state index contributed by atoms with van der Waals surface area (Å²) in [6.07, 6.45) is 22.6. The summed E-state index contributed by atoms with van der Waals surface area (Å²) in [5.41, 5.74) is 0.146. The molecule has 2 aromatic rings. The number of carbonyl (C=O) groups excluding carboxylic acids is 12. The van der Waals surface area contributed by atoms with Crippen molar-refractivity contribution in [2.24, 2.45) is 28.2 Å². The summed E-state index contributed by atoms with van der Waals surface area (Å²) in [5.74, 6) is -11.2. The Bertz CT molecular complexity index is 4260. The molecule has 1 heterocycles. The largest absolute Gasteiger partial charge is 0.494 e. The van der Waals surface area contributed by atoms with Crippen molar-refractivity contribution in [2.75, 3.05) is 152 Å². The number of nitrogens with zero attached hydrogens (tertiary/aromatic N) is 1. The number of aromatic carboxylic acids is 2. The van der Waals surface area contributed by atoms with E-state index in [9.17, 15) is 107 Å². The predicted octanol–water partition coefficient (Wildman–Crippen LogP) is 11.4. The monoisotopic (exact) mass is 2080 g/mol. The van der Waals surface area contributed by atoms with Crippen molar-refractivity contribution in [2.45, 2.75) is 297 Å². The van der Waals surface area contributed by atoms with E-state index >= 15 is 0 Å². The number of hydrogen-bond donors (Lipinski definition) is 12. The first kappa shape index (κ1) is 132. The van der Waals surface area contributed by atoms with Crippen LogP contribution in [0.5, 0.6) is 11.5 Å². The number of carbonyl (C=O) groups is 18. The number of Topliss-reactive ketones (excluding diaryl/α,β-unsaturated/α-hetero) is 7. The minimum Gasteiger partial charge on any atom is -0.494 e. The average Bonchev–Trinajstić information content (AvgIpc) is 0.901. The second-order valence-electron chi connectivity index (χ2n) is 36.7. The van der Waals surface area contributed by atoms with Crippen LogP contribution >= 0.6 is 0 Å². The van der Waals surface area contributed by atoms with Gasteiger partial charge in [0.25, 0.3) is 0 Å². The van der Waals surface area contributed by atoms with Gasteiger partial charge in [-0.1, -0.05) is 90.9 Å². The van der Waals surface area contributed by atoms with E-state index in [1.807, 2.05) is 13.8 Å². The molecule has 12 N–H and O–H groups in total. The minimum absolute atomic E-state index is 0.000107. The van der Waals surface area contributed by atoms with Crippen molar-refractivity contribution in [1.82, 2.24) is 31.9 Å². The average molecular weight is 2080 g/mol. The van der Waals surface area contributed by atoms with E-state index < -0.39 is 82.6 Å². The molecule has 0 unspecified atom stereocenters. The Morgan fingerprint density at radius 2 is 0.803 bits per heavy atom. The van der Waals surface area contributed by atoms with Gasteiger partial charge >= 0.3 is 35.8 Å². The Morgan fingerprint density at radius 3 is 1.30 bits per heavy atom. The van der Waals surface area contributed by atoms with Crippen LogP contribution in [0, 0.1) is 23.2 Å². The quantitative estimate of drug-likeness (QED) is 0.0216. The third-order valence-corrected chi connectivity index (χ3v) is 23.9.